The van der Waals surface area contributed by atoms with Crippen molar-refractivity contribution in [2.45, 2.75) is 0 Å². The van der Waals surface area contributed by atoms with Gasteiger partial charge in [0.15, 0.2) is 0 Å². The third-order valence-electron chi connectivity index (χ3n) is 2.31. The van der Waals surface area contributed by atoms with E-state index in [2.05, 4.69) is 32.6 Å². The van der Waals surface area contributed by atoms with Gasteiger partial charge in [-0.05, 0) is 57.8 Å². The monoisotopic (exact) mass is 388 g/mol. The quantitative estimate of drug-likeness (QED) is 0.470. The van der Waals surface area contributed by atoms with Gasteiger partial charge in [0, 0.05) is 0 Å². The first-order valence-electron chi connectivity index (χ1n) is 5.07. The molecule has 3 aromatic rings. The van der Waals surface area contributed by atoms with Crippen LogP contribution in [0, 0.1) is 3.57 Å². The van der Waals surface area contributed by atoms with Crippen molar-refractivity contribution in [1.29, 1.82) is 0 Å². The number of fused-ring (bicyclic) bond motifs is 1. The molecule has 0 amide bonds. The lowest BCUT2D eigenvalue weighted by atomic mass is 10.3. The van der Waals surface area contributed by atoms with Gasteiger partial charge in [0.1, 0.15) is 10.6 Å². The number of nitrogens with zero attached hydrogens (tertiary/aromatic N) is 2. The average molecular weight is 389 g/mol. The van der Waals surface area contributed by atoms with Crippen molar-refractivity contribution in [2.24, 2.45) is 0 Å². The van der Waals surface area contributed by atoms with E-state index in [4.69, 9.17) is 16.3 Å². The molecule has 0 spiro atoms. The SMILES string of the molecule is Clc1nc(Oc2ccccc2I)c2ccsc2n1. The highest BCUT2D eigenvalue weighted by molar-refractivity contribution is 14.1. The minimum Gasteiger partial charge on any atom is -0.437 e. The molecule has 3 rings (SSSR count). The first-order chi connectivity index (χ1) is 8.74. The summed E-state index contributed by atoms with van der Waals surface area (Å²) in [5, 5.41) is 3.02. The summed E-state index contributed by atoms with van der Waals surface area (Å²) in [7, 11) is 0. The summed E-state index contributed by atoms with van der Waals surface area (Å²) in [4.78, 5) is 9.13. The normalized spacial score (nSPS) is 10.8. The molecule has 0 aliphatic rings. The Bertz CT molecular complexity index is 716. The molecule has 2 heterocycles. The molecule has 0 unspecified atom stereocenters. The van der Waals surface area contributed by atoms with Crippen LogP contribution < -0.4 is 4.74 Å². The van der Waals surface area contributed by atoms with E-state index in [-0.39, 0.29) is 5.28 Å². The third kappa shape index (κ3) is 2.30. The maximum atomic E-state index is 5.89. The van der Waals surface area contributed by atoms with Crippen molar-refractivity contribution in [1.82, 2.24) is 9.97 Å². The van der Waals surface area contributed by atoms with Gasteiger partial charge in [-0.1, -0.05) is 12.1 Å². The number of hydrogen-bond donors (Lipinski definition) is 0. The maximum Gasteiger partial charge on any atom is 0.232 e. The number of halogens is 2. The standard InChI is InChI=1S/C12H6ClIN2OS/c13-12-15-10(7-5-6-18-11(7)16-12)17-9-4-2-1-3-8(9)14/h1-6H. The second kappa shape index (κ2) is 4.99. The number of rotatable bonds is 2. The highest BCUT2D eigenvalue weighted by Crippen LogP contribution is 2.32. The van der Waals surface area contributed by atoms with E-state index in [1.54, 1.807) is 0 Å². The Balaban J connectivity index is 2.10. The van der Waals surface area contributed by atoms with Crippen LogP contribution in [0.4, 0.5) is 0 Å². The van der Waals surface area contributed by atoms with Crippen LogP contribution in [0.2, 0.25) is 5.28 Å². The number of benzene rings is 1. The zero-order chi connectivity index (χ0) is 12.5. The zero-order valence-electron chi connectivity index (χ0n) is 8.93. The van der Waals surface area contributed by atoms with Gasteiger partial charge in [0.05, 0.1) is 8.96 Å². The molecule has 0 radical (unpaired) electrons. The molecule has 0 saturated heterocycles. The van der Waals surface area contributed by atoms with E-state index in [0.29, 0.717) is 5.88 Å². The molecule has 0 saturated carbocycles. The van der Waals surface area contributed by atoms with E-state index >= 15 is 0 Å². The van der Waals surface area contributed by atoms with Gasteiger partial charge >= 0.3 is 0 Å². The molecule has 6 heteroatoms. The number of thiophene rings is 1. The predicted octanol–water partition coefficient (Wildman–Crippen LogP) is 4.74. The Labute approximate surface area is 126 Å². The highest BCUT2D eigenvalue weighted by Gasteiger charge is 2.11. The molecule has 0 N–H and O–H groups in total. The summed E-state index contributed by atoms with van der Waals surface area (Å²) in [6.45, 7) is 0. The minimum atomic E-state index is 0.200. The van der Waals surface area contributed by atoms with Crippen LogP contribution in [0.15, 0.2) is 35.7 Å². The summed E-state index contributed by atoms with van der Waals surface area (Å²) in [6.07, 6.45) is 0. The second-order valence-electron chi connectivity index (χ2n) is 3.47. The van der Waals surface area contributed by atoms with E-state index in [1.807, 2.05) is 35.7 Å². The fourth-order valence-corrected chi connectivity index (χ4v) is 2.98. The summed E-state index contributed by atoms with van der Waals surface area (Å²) >= 11 is 9.62. The number of ether oxygens (including phenoxy) is 1. The first-order valence-corrected chi connectivity index (χ1v) is 7.41. The highest BCUT2D eigenvalue weighted by atomic mass is 127. The van der Waals surface area contributed by atoms with Crippen LogP contribution in [0.1, 0.15) is 0 Å². The van der Waals surface area contributed by atoms with Crippen LogP contribution in [0.3, 0.4) is 0 Å². The van der Waals surface area contributed by atoms with Crippen molar-refractivity contribution < 1.29 is 4.74 Å². The molecule has 90 valence electrons. The smallest absolute Gasteiger partial charge is 0.232 e. The third-order valence-corrected chi connectivity index (χ3v) is 4.17. The Morgan fingerprint density at radius 3 is 2.83 bits per heavy atom. The van der Waals surface area contributed by atoms with Crippen LogP contribution in [-0.4, -0.2) is 9.97 Å². The molecule has 0 bridgehead atoms. The van der Waals surface area contributed by atoms with Gasteiger partial charge in [-0.25, -0.2) is 4.98 Å². The molecule has 0 aliphatic carbocycles. The Hall–Kier alpha value is -0.920. The van der Waals surface area contributed by atoms with Crippen molar-refractivity contribution in [2.75, 3.05) is 0 Å². The van der Waals surface area contributed by atoms with Crippen molar-refractivity contribution in [3.63, 3.8) is 0 Å². The van der Waals surface area contributed by atoms with Gasteiger partial charge in [-0.3, -0.25) is 0 Å². The van der Waals surface area contributed by atoms with E-state index < -0.39 is 0 Å². The van der Waals surface area contributed by atoms with Crippen LogP contribution in [-0.2, 0) is 0 Å². The molecule has 0 aliphatic heterocycles. The average Bonchev–Trinajstić information content (AvgIpc) is 2.80. The van der Waals surface area contributed by atoms with E-state index in [9.17, 15) is 0 Å². The molecular weight excluding hydrogens is 383 g/mol. The molecule has 3 nitrogen and oxygen atoms in total. The van der Waals surface area contributed by atoms with Crippen LogP contribution >= 0.6 is 45.5 Å². The zero-order valence-corrected chi connectivity index (χ0v) is 12.7. The lowest BCUT2D eigenvalue weighted by molar-refractivity contribution is 0.465. The van der Waals surface area contributed by atoms with E-state index in [0.717, 1.165) is 19.5 Å². The maximum absolute atomic E-state index is 5.89. The summed E-state index contributed by atoms with van der Waals surface area (Å²) in [5.74, 6) is 1.26. The fraction of sp³-hybridized carbons (Fsp3) is 0. The fourth-order valence-electron chi connectivity index (χ4n) is 1.51. The number of aromatic nitrogens is 2. The van der Waals surface area contributed by atoms with Gasteiger partial charge in [0.2, 0.25) is 11.2 Å². The molecule has 0 fully saturated rings. The molecule has 1 aromatic carbocycles. The summed E-state index contributed by atoms with van der Waals surface area (Å²) < 4.78 is 6.85. The topological polar surface area (TPSA) is 35.0 Å². The molecular formula is C12H6ClIN2OS. The van der Waals surface area contributed by atoms with Gasteiger partial charge in [-0.2, -0.15) is 4.98 Å². The Morgan fingerprint density at radius 2 is 2.00 bits per heavy atom. The van der Waals surface area contributed by atoms with Crippen molar-refractivity contribution >= 4 is 55.7 Å². The summed E-state index contributed by atoms with van der Waals surface area (Å²) in [5.41, 5.74) is 0. The molecule has 2 aromatic heterocycles. The Kier molecular flexibility index (Phi) is 3.36. The van der Waals surface area contributed by atoms with Crippen LogP contribution in [0.5, 0.6) is 11.6 Å². The Morgan fingerprint density at radius 1 is 1.17 bits per heavy atom. The minimum absolute atomic E-state index is 0.200. The lowest BCUT2D eigenvalue weighted by Crippen LogP contribution is -1.92. The van der Waals surface area contributed by atoms with Crippen molar-refractivity contribution in [3.8, 4) is 11.6 Å². The first kappa shape index (κ1) is 12.1. The molecule has 0 atom stereocenters. The lowest BCUT2D eigenvalue weighted by Gasteiger charge is -2.07. The van der Waals surface area contributed by atoms with E-state index in [1.165, 1.54) is 11.3 Å². The predicted molar refractivity (Wildman–Crippen MR) is 81.7 cm³/mol. The number of hydrogen-bond acceptors (Lipinski definition) is 4. The second-order valence-corrected chi connectivity index (χ2v) is 5.86. The molecule has 18 heavy (non-hydrogen) atoms. The van der Waals surface area contributed by atoms with Gasteiger partial charge in [0.25, 0.3) is 0 Å². The van der Waals surface area contributed by atoms with Gasteiger partial charge < -0.3 is 4.74 Å². The van der Waals surface area contributed by atoms with Gasteiger partial charge in [-0.15, -0.1) is 11.3 Å². The number of para-hydroxylation sites is 1. The van der Waals surface area contributed by atoms with Crippen LogP contribution in [0.25, 0.3) is 10.2 Å². The van der Waals surface area contributed by atoms with Crippen molar-refractivity contribution in [3.05, 3.63) is 44.6 Å². The largest absolute Gasteiger partial charge is 0.437 e. The summed E-state index contributed by atoms with van der Waals surface area (Å²) in [6, 6.07) is 9.69.